The van der Waals surface area contributed by atoms with Crippen LogP contribution in [0.4, 0.5) is 14.5 Å². The van der Waals surface area contributed by atoms with E-state index in [1.807, 2.05) is 23.6 Å². The van der Waals surface area contributed by atoms with Crippen molar-refractivity contribution in [1.29, 1.82) is 0 Å². The summed E-state index contributed by atoms with van der Waals surface area (Å²) in [5.74, 6) is -0.0880. The van der Waals surface area contributed by atoms with E-state index < -0.39 is 0 Å². The van der Waals surface area contributed by atoms with Gasteiger partial charge in [0, 0.05) is 49.7 Å². The highest BCUT2D eigenvalue weighted by Crippen LogP contribution is 2.33. The summed E-state index contributed by atoms with van der Waals surface area (Å²) in [4.78, 5) is 5.82. The second-order valence-electron chi connectivity index (χ2n) is 7.29. The van der Waals surface area contributed by atoms with E-state index in [1.54, 1.807) is 17.4 Å². The lowest BCUT2D eigenvalue weighted by Gasteiger charge is -2.36. The summed E-state index contributed by atoms with van der Waals surface area (Å²) in [5.41, 5.74) is 1.06. The molecule has 1 aliphatic heterocycles. The van der Waals surface area contributed by atoms with Gasteiger partial charge in [-0.25, -0.2) is 8.78 Å². The largest absolute Gasteiger partial charge is 0.483 e. The molecular weight excluding hydrogens is 426 g/mol. The number of piperazine rings is 1. The smallest absolute Gasteiger partial charge is 0.139 e. The van der Waals surface area contributed by atoms with E-state index in [4.69, 9.17) is 16.3 Å². The number of rotatable bonds is 7. The quantitative estimate of drug-likeness (QED) is 0.440. The van der Waals surface area contributed by atoms with Crippen molar-refractivity contribution in [3.8, 4) is 5.75 Å². The topological polar surface area (TPSA) is 15.7 Å². The first-order valence-corrected chi connectivity index (χ1v) is 11.2. The molecule has 1 fully saturated rings. The van der Waals surface area contributed by atoms with Crippen LogP contribution in [0.5, 0.6) is 5.75 Å². The summed E-state index contributed by atoms with van der Waals surface area (Å²) >= 11 is 7.81. The van der Waals surface area contributed by atoms with E-state index in [9.17, 15) is 8.78 Å². The minimum Gasteiger partial charge on any atom is -0.483 e. The van der Waals surface area contributed by atoms with Gasteiger partial charge in [0.05, 0.1) is 5.02 Å². The van der Waals surface area contributed by atoms with Gasteiger partial charge in [0.25, 0.3) is 0 Å². The fourth-order valence-electron chi connectivity index (χ4n) is 3.64. The van der Waals surface area contributed by atoms with Crippen molar-refractivity contribution >= 4 is 28.6 Å². The number of thiophene rings is 1. The maximum Gasteiger partial charge on any atom is 0.139 e. The minimum atomic E-state index is -0.376. The number of ether oxygens (including phenoxy) is 1. The van der Waals surface area contributed by atoms with Gasteiger partial charge in [-0.05, 0) is 53.9 Å². The highest BCUT2D eigenvalue weighted by atomic mass is 35.5. The van der Waals surface area contributed by atoms with Crippen molar-refractivity contribution < 1.29 is 13.5 Å². The average Bonchev–Trinajstić information content (AvgIpc) is 3.28. The molecule has 1 saturated heterocycles. The van der Waals surface area contributed by atoms with Crippen LogP contribution in [0.25, 0.3) is 0 Å². The molecule has 3 aromatic rings. The van der Waals surface area contributed by atoms with Crippen LogP contribution in [-0.4, -0.2) is 37.6 Å². The summed E-state index contributed by atoms with van der Waals surface area (Å²) in [6, 6.07) is 15.0. The number of anilines is 1. The molecule has 2 aromatic carbocycles. The van der Waals surface area contributed by atoms with Gasteiger partial charge in [-0.3, -0.25) is 4.90 Å². The molecule has 7 heteroatoms. The molecule has 1 aliphatic rings. The van der Waals surface area contributed by atoms with Gasteiger partial charge < -0.3 is 9.64 Å². The Labute approximate surface area is 184 Å². The van der Waals surface area contributed by atoms with Crippen LogP contribution < -0.4 is 9.64 Å². The summed E-state index contributed by atoms with van der Waals surface area (Å²) in [6.45, 7) is 4.57. The highest BCUT2D eigenvalue weighted by Gasteiger charge is 2.21. The lowest BCUT2D eigenvalue weighted by atomic mass is 10.1. The highest BCUT2D eigenvalue weighted by molar-refractivity contribution is 7.10. The van der Waals surface area contributed by atoms with Gasteiger partial charge in [0.15, 0.2) is 0 Å². The molecule has 1 atom stereocenters. The van der Waals surface area contributed by atoms with Crippen LogP contribution in [0.15, 0.2) is 60.0 Å². The van der Waals surface area contributed by atoms with E-state index in [2.05, 4.69) is 15.9 Å². The summed E-state index contributed by atoms with van der Waals surface area (Å²) in [7, 11) is 0. The minimum absolute atomic E-state index is 0.136. The molecule has 1 aromatic heterocycles. The second kappa shape index (κ2) is 9.77. The molecule has 30 heavy (non-hydrogen) atoms. The van der Waals surface area contributed by atoms with Gasteiger partial charge in [-0.2, -0.15) is 0 Å². The third-order valence-electron chi connectivity index (χ3n) is 5.30. The molecule has 2 heterocycles. The zero-order valence-corrected chi connectivity index (χ0v) is 18.0. The zero-order valence-electron chi connectivity index (χ0n) is 16.4. The number of halogens is 3. The van der Waals surface area contributed by atoms with E-state index in [0.29, 0.717) is 5.75 Å². The predicted molar refractivity (Wildman–Crippen MR) is 119 cm³/mol. The van der Waals surface area contributed by atoms with E-state index in [-0.39, 0.29) is 22.8 Å². The molecule has 0 aliphatic carbocycles. The number of nitrogens with zero attached hydrogens (tertiary/aromatic N) is 2. The average molecular weight is 449 g/mol. The van der Waals surface area contributed by atoms with E-state index in [1.165, 1.54) is 24.3 Å². The number of hydrogen-bond acceptors (Lipinski definition) is 4. The van der Waals surface area contributed by atoms with Crippen molar-refractivity contribution in [1.82, 2.24) is 4.90 Å². The Kier molecular flexibility index (Phi) is 6.87. The Hall–Kier alpha value is -2.15. The lowest BCUT2D eigenvalue weighted by molar-refractivity contribution is 0.163. The van der Waals surface area contributed by atoms with E-state index >= 15 is 0 Å². The SMILES string of the molecule is Fc1ccc(N2CCN(CC[C@H](Oc3ccc(F)cc3Cl)c3cccs3)CC2)cc1. The monoisotopic (exact) mass is 448 g/mol. The Morgan fingerprint density at radius 1 is 0.967 bits per heavy atom. The fourth-order valence-corrected chi connectivity index (χ4v) is 4.64. The molecule has 0 unspecified atom stereocenters. The maximum absolute atomic E-state index is 13.4. The first-order chi connectivity index (χ1) is 14.6. The first kappa shape index (κ1) is 21.1. The van der Waals surface area contributed by atoms with Crippen LogP contribution in [0.3, 0.4) is 0 Å². The number of benzene rings is 2. The van der Waals surface area contributed by atoms with Crippen LogP contribution in [0.2, 0.25) is 5.02 Å². The Bertz CT molecular complexity index is 944. The molecule has 3 nitrogen and oxygen atoms in total. The molecule has 0 N–H and O–H groups in total. The Balaban J connectivity index is 1.34. The van der Waals surface area contributed by atoms with Gasteiger partial charge in [-0.15, -0.1) is 11.3 Å². The third kappa shape index (κ3) is 5.31. The van der Waals surface area contributed by atoms with Crippen LogP contribution in [0, 0.1) is 11.6 Å². The fraction of sp³-hybridized carbons (Fsp3) is 0.304. The predicted octanol–water partition coefficient (Wildman–Crippen LogP) is 6.01. The first-order valence-electron chi connectivity index (χ1n) is 9.96. The molecule has 0 amide bonds. The molecule has 0 radical (unpaired) electrons. The van der Waals surface area contributed by atoms with Gasteiger partial charge in [-0.1, -0.05) is 17.7 Å². The van der Waals surface area contributed by atoms with Crippen molar-refractivity contribution in [3.63, 3.8) is 0 Å². The zero-order chi connectivity index (χ0) is 20.9. The standard InChI is InChI=1S/C23H23ClF2N2OS/c24-20-16-18(26)5-8-21(20)29-22(23-2-1-15-30-23)9-10-27-11-13-28(14-12-27)19-6-3-17(25)4-7-19/h1-8,15-16,22H,9-14H2/t22-/m0/s1. The molecule has 0 bridgehead atoms. The van der Waals surface area contributed by atoms with Crippen LogP contribution in [-0.2, 0) is 0 Å². The molecule has 0 spiro atoms. The van der Waals surface area contributed by atoms with Crippen molar-refractivity contribution in [2.24, 2.45) is 0 Å². The molecule has 4 rings (SSSR count). The number of hydrogen-bond donors (Lipinski definition) is 0. The Morgan fingerprint density at radius 3 is 2.37 bits per heavy atom. The van der Waals surface area contributed by atoms with Crippen molar-refractivity contribution in [2.75, 3.05) is 37.6 Å². The maximum atomic E-state index is 13.4. The van der Waals surface area contributed by atoms with Crippen LogP contribution >= 0.6 is 22.9 Å². The van der Waals surface area contributed by atoms with Gasteiger partial charge in [0.2, 0.25) is 0 Å². The normalized spacial score (nSPS) is 15.9. The van der Waals surface area contributed by atoms with Gasteiger partial charge in [0.1, 0.15) is 23.5 Å². The lowest BCUT2D eigenvalue weighted by Crippen LogP contribution is -2.46. The van der Waals surface area contributed by atoms with Crippen LogP contribution in [0.1, 0.15) is 17.4 Å². The van der Waals surface area contributed by atoms with Crippen molar-refractivity contribution in [3.05, 3.63) is 81.5 Å². The molecular formula is C23H23ClF2N2OS. The molecule has 158 valence electrons. The molecule has 0 saturated carbocycles. The second-order valence-corrected chi connectivity index (χ2v) is 8.68. The van der Waals surface area contributed by atoms with Crippen molar-refractivity contribution in [2.45, 2.75) is 12.5 Å². The summed E-state index contributed by atoms with van der Waals surface area (Å²) < 4.78 is 32.7. The third-order valence-corrected chi connectivity index (χ3v) is 6.55. The summed E-state index contributed by atoms with van der Waals surface area (Å²) in [6.07, 6.45) is 0.674. The summed E-state index contributed by atoms with van der Waals surface area (Å²) in [5, 5.41) is 2.31. The Morgan fingerprint density at radius 2 is 1.70 bits per heavy atom. The van der Waals surface area contributed by atoms with E-state index in [0.717, 1.165) is 49.7 Å². The van der Waals surface area contributed by atoms with Gasteiger partial charge >= 0.3 is 0 Å².